The predicted octanol–water partition coefficient (Wildman–Crippen LogP) is 5.45. The van der Waals surface area contributed by atoms with E-state index in [1.54, 1.807) is 18.2 Å². The SMILES string of the molecule is CCOc1cccc([C@H]2CC(c3ccc(Cl)cc3)=N[C@@H](c3ccc(C(=O)OC)cc3)N2)c1O. The molecule has 0 spiro atoms. The molecule has 3 aromatic rings. The monoisotopic (exact) mass is 464 g/mol. The van der Waals surface area contributed by atoms with Gasteiger partial charge in [0, 0.05) is 28.8 Å². The molecular weight excluding hydrogens is 440 g/mol. The number of benzene rings is 3. The van der Waals surface area contributed by atoms with Gasteiger partial charge in [-0.05, 0) is 48.4 Å². The fourth-order valence-electron chi connectivity index (χ4n) is 3.91. The fourth-order valence-corrected chi connectivity index (χ4v) is 4.03. The number of rotatable bonds is 6. The minimum absolute atomic E-state index is 0.119. The molecule has 0 unspecified atom stereocenters. The first-order chi connectivity index (χ1) is 16.0. The fraction of sp³-hybridized carbons (Fsp3) is 0.231. The van der Waals surface area contributed by atoms with Gasteiger partial charge in [-0.15, -0.1) is 0 Å². The summed E-state index contributed by atoms with van der Waals surface area (Å²) in [6.45, 7) is 2.34. The summed E-state index contributed by atoms with van der Waals surface area (Å²) in [5, 5.41) is 15.1. The highest BCUT2D eigenvalue weighted by atomic mass is 35.5. The molecule has 7 heteroatoms. The van der Waals surface area contributed by atoms with E-state index in [2.05, 4.69) is 5.32 Å². The Morgan fingerprint density at radius 1 is 1.12 bits per heavy atom. The zero-order valence-corrected chi connectivity index (χ0v) is 19.2. The Labute approximate surface area is 197 Å². The number of esters is 1. The van der Waals surface area contributed by atoms with Gasteiger partial charge in [-0.1, -0.05) is 48.0 Å². The first-order valence-corrected chi connectivity index (χ1v) is 11.1. The number of carbonyl (C=O) groups excluding carboxylic acids is 1. The van der Waals surface area contributed by atoms with Gasteiger partial charge in [0.15, 0.2) is 11.5 Å². The molecule has 0 aliphatic carbocycles. The van der Waals surface area contributed by atoms with Crippen molar-refractivity contribution in [1.82, 2.24) is 5.32 Å². The molecule has 3 aromatic carbocycles. The highest BCUT2D eigenvalue weighted by molar-refractivity contribution is 6.30. The van der Waals surface area contributed by atoms with Crippen LogP contribution in [0.15, 0.2) is 71.7 Å². The van der Waals surface area contributed by atoms with Crippen LogP contribution < -0.4 is 10.1 Å². The third kappa shape index (κ3) is 5.02. The van der Waals surface area contributed by atoms with Crippen LogP contribution in [0.2, 0.25) is 5.02 Å². The molecular formula is C26H25ClN2O4. The lowest BCUT2D eigenvalue weighted by Crippen LogP contribution is -2.33. The minimum Gasteiger partial charge on any atom is -0.504 e. The number of carbonyl (C=O) groups is 1. The van der Waals surface area contributed by atoms with Gasteiger partial charge in [-0.3, -0.25) is 10.3 Å². The van der Waals surface area contributed by atoms with Crippen molar-refractivity contribution in [3.8, 4) is 11.5 Å². The van der Waals surface area contributed by atoms with Gasteiger partial charge in [-0.25, -0.2) is 4.79 Å². The second-order valence-electron chi connectivity index (χ2n) is 7.65. The molecule has 170 valence electrons. The molecule has 0 radical (unpaired) electrons. The number of hydrogen-bond acceptors (Lipinski definition) is 6. The molecule has 1 heterocycles. The zero-order valence-electron chi connectivity index (χ0n) is 18.4. The van der Waals surface area contributed by atoms with Crippen LogP contribution in [0.5, 0.6) is 11.5 Å². The summed E-state index contributed by atoms with van der Waals surface area (Å²) in [7, 11) is 1.36. The number of para-hydroxylation sites is 1. The van der Waals surface area contributed by atoms with Crippen LogP contribution in [0.25, 0.3) is 0 Å². The molecule has 1 aliphatic heterocycles. The van der Waals surface area contributed by atoms with E-state index in [4.69, 9.17) is 26.1 Å². The molecule has 4 rings (SSSR count). The third-order valence-corrected chi connectivity index (χ3v) is 5.82. The number of nitrogens with zero attached hydrogens (tertiary/aromatic N) is 1. The van der Waals surface area contributed by atoms with Crippen LogP contribution in [0.1, 0.15) is 52.6 Å². The largest absolute Gasteiger partial charge is 0.504 e. The average Bonchev–Trinajstić information content (AvgIpc) is 2.85. The van der Waals surface area contributed by atoms with Crippen molar-refractivity contribution < 1.29 is 19.4 Å². The summed E-state index contributed by atoms with van der Waals surface area (Å²) < 4.78 is 10.4. The molecule has 0 fully saturated rings. The number of nitrogens with one attached hydrogen (secondary N) is 1. The van der Waals surface area contributed by atoms with Crippen LogP contribution in [-0.4, -0.2) is 30.5 Å². The Bertz CT molecular complexity index is 1160. The van der Waals surface area contributed by atoms with E-state index in [0.717, 1.165) is 22.4 Å². The van der Waals surface area contributed by atoms with Crippen molar-refractivity contribution in [2.45, 2.75) is 25.6 Å². The average molecular weight is 465 g/mol. The highest BCUT2D eigenvalue weighted by Crippen LogP contribution is 2.39. The van der Waals surface area contributed by atoms with E-state index in [1.165, 1.54) is 7.11 Å². The van der Waals surface area contributed by atoms with Crippen molar-refractivity contribution >= 4 is 23.3 Å². The maximum atomic E-state index is 11.8. The lowest BCUT2D eigenvalue weighted by atomic mass is 9.93. The smallest absolute Gasteiger partial charge is 0.337 e. The van der Waals surface area contributed by atoms with E-state index in [0.29, 0.717) is 29.4 Å². The topological polar surface area (TPSA) is 80.2 Å². The number of aromatic hydroxyl groups is 1. The molecule has 0 bridgehead atoms. The summed E-state index contributed by atoms with van der Waals surface area (Å²) in [5.41, 5.74) is 3.94. The highest BCUT2D eigenvalue weighted by Gasteiger charge is 2.28. The number of hydrogen-bond donors (Lipinski definition) is 2. The van der Waals surface area contributed by atoms with Crippen molar-refractivity contribution in [1.29, 1.82) is 0 Å². The van der Waals surface area contributed by atoms with Crippen LogP contribution in [-0.2, 0) is 4.74 Å². The summed E-state index contributed by atoms with van der Waals surface area (Å²) >= 11 is 6.08. The van der Waals surface area contributed by atoms with Crippen molar-refractivity contribution in [3.63, 3.8) is 0 Å². The van der Waals surface area contributed by atoms with E-state index in [-0.39, 0.29) is 23.9 Å². The lowest BCUT2D eigenvalue weighted by molar-refractivity contribution is 0.0600. The van der Waals surface area contributed by atoms with Gasteiger partial charge in [-0.2, -0.15) is 0 Å². The van der Waals surface area contributed by atoms with Crippen molar-refractivity contribution in [3.05, 3.63) is 94.0 Å². The Hall–Kier alpha value is -3.35. The van der Waals surface area contributed by atoms with Crippen molar-refractivity contribution in [2.24, 2.45) is 4.99 Å². The molecule has 33 heavy (non-hydrogen) atoms. The van der Waals surface area contributed by atoms with Gasteiger partial charge < -0.3 is 14.6 Å². The van der Waals surface area contributed by atoms with Gasteiger partial charge in [0.25, 0.3) is 0 Å². The molecule has 2 N–H and O–H groups in total. The van der Waals surface area contributed by atoms with Gasteiger partial charge in [0.1, 0.15) is 6.17 Å². The molecule has 0 saturated heterocycles. The number of halogens is 1. The maximum Gasteiger partial charge on any atom is 0.337 e. The summed E-state index contributed by atoms with van der Waals surface area (Å²) in [5.74, 6) is 0.180. The predicted molar refractivity (Wildman–Crippen MR) is 128 cm³/mol. The quantitative estimate of drug-likeness (QED) is 0.474. The number of phenolic OH excluding ortho intramolecular Hbond substituents is 1. The molecule has 6 nitrogen and oxygen atoms in total. The summed E-state index contributed by atoms with van der Waals surface area (Å²) in [4.78, 5) is 16.8. The standard InChI is InChI=1S/C26H25ClN2O4/c1-3-33-23-6-4-5-20(24(23)30)22-15-21(16-11-13-19(27)14-12-16)28-25(29-22)17-7-9-18(10-8-17)26(31)32-2/h4-14,22,25,29-30H,3,15H2,1-2H3/t22-,25-/m1/s1. The van der Waals surface area contributed by atoms with E-state index >= 15 is 0 Å². The van der Waals surface area contributed by atoms with Gasteiger partial charge in [0.2, 0.25) is 0 Å². The molecule has 2 atom stereocenters. The van der Waals surface area contributed by atoms with E-state index in [1.807, 2.05) is 55.5 Å². The lowest BCUT2D eigenvalue weighted by Gasteiger charge is -2.31. The molecule has 0 saturated carbocycles. The Morgan fingerprint density at radius 2 is 1.85 bits per heavy atom. The van der Waals surface area contributed by atoms with Gasteiger partial charge in [0.05, 0.1) is 19.3 Å². The van der Waals surface area contributed by atoms with E-state index in [9.17, 15) is 9.90 Å². The molecule has 1 aliphatic rings. The second-order valence-corrected chi connectivity index (χ2v) is 8.09. The molecule has 0 amide bonds. The first-order valence-electron chi connectivity index (χ1n) is 10.7. The van der Waals surface area contributed by atoms with Crippen LogP contribution in [0.4, 0.5) is 0 Å². The van der Waals surface area contributed by atoms with E-state index < -0.39 is 0 Å². The Morgan fingerprint density at radius 3 is 2.52 bits per heavy atom. The van der Waals surface area contributed by atoms with Gasteiger partial charge >= 0.3 is 5.97 Å². The Kier molecular flexibility index (Phi) is 6.96. The second kappa shape index (κ2) is 10.1. The zero-order chi connectivity index (χ0) is 23.4. The summed E-state index contributed by atoms with van der Waals surface area (Å²) in [6, 6.07) is 20.0. The number of phenols is 1. The number of ether oxygens (including phenoxy) is 2. The minimum atomic E-state index is -0.390. The van der Waals surface area contributed by atoms with Crippen molar-refractivity contribution in [2.75, 3.05) is 13.7 Å². The summed E-state index contributed by atoms with van der Waals surface area (Å²) in [6.07, 6.45) is 0.192. The number of methoxy groups -OCH3 is 1. The van der Waals surface area contributed by atoms with Crippen LogP contribution >= 0.6 is 11.6 Å². The third-order valence-electron chi connectivity index (χ3n) is 5.57. The van der Waals surface area contributed by atoms with Crippen LogP contribution in [0, 0.1) is 0 Å². The van der Waals surface area contributed by atoms with Crippen LogP contribution in [0.3, 0.4) is 0 Å². The first kappa shape index (κ1) is 22.8. The number of aliphatic imine (C=N–C) groups is 1. The maximum absolute atomic E-state index is 11.8. The normalized spacial score (nSPS) is 17.8. The Balaban J connectivity index is 1.72. The molecule has 0 aromatic heterocycles.